The molecule has 2 aromatic rings. The lowest BCUT2D eigenvalue weighted by Crippen LogP contribution is -2.36. The van der Waals surface area contributed by atoms with Crippen molar-refractivity contribution >= 4 is 28.9 Å². The Morgan fingerprint density at radius 2 is 1.62 bits per heavy atom. The quantitative estimate of drug-likeness (QED) is 0.823. The van der Waals surface area contributed by atoms with Crippen LogP contribution in [0.5, 0.6) is 0 Å². The molecule has 2 rings (SSSR count). The number of aryl methyl sites for hydroxylation is 1. The first-order chi connectivity index (χ1) is 12.4. The molecule has 0 aliphatic rings. The van der Waals surface area contributed by atoms with Gasteiger partial charge in [-0.15, -0.1) is 0 Å². The highest BCUT2D eigenvalue weighted by molar-refractivity contribution is 6.01. The van der Waals surface area contributed by atoms with Crippen LogP contribution < -0.4 is 15.1 Å². The van der Waals surface area contributed by atoms with Crippen LogP contribution in [0.4, 0.5) is 17.1 Å². The lowest BCUT2D eigenvalue weighted by Gasteiger charge is -2.22. The summed E-state index contributed by atoms with van der Waals surface area (Å²) in [6, 6.07) is 15.3. The van der Waals surface area contributed by atoms with Crippen molar-refractivity contribution in [3.8, 4) is 0 Å². The maximum Gasteiger partial charge on any atom is 0.244 e. The highest BCUT2D eigenvalue weighted by Crippen LogP contribution is 2.19. The molecule has 0 saturated heterocycles. The number of carbonyl (C=O) groups is 2. The van der Waals surface area contributed by atoms with Gasteiger partial charge >= 0.3 is 0 Å². The number of nitrogens with one attached hydrogen (secondary N) is 1. The summed E-state index contributed by atoms with van der Waals surface area (Å²) in [6.45, 7) is 9.50. The van der Waals surface area contributed by atoms with Crippen molar-refractivity contribution in [2.45, 2.75) is 27.7 Å². The van der Waals surface area contributed by atoms with Crippen LogP contribution in [-0.4, -0.2) is 31.4 Å². The van der Waals surface area contributed by atoms with Crippen molar-refractivity contribution in [1.82, 2.24) is 0 Å². The van der Waals surface area contributed by atoms with Gasteiger partial charge in [-0.05, 0) is 62.7 Å². The van der Waals surface area contributed by atoms with Crippen LogP contribution in [0, 0.1) is 6.92 Å². The zero-order valence-corrected chi connectivity index (χ0v) is 16.0. The summed E-state index contributed by atoms with van der Waals surface area (Å²) in [5.74, 6) is -0.389. The van der Waals surface area contributed by atoms with E-state index >= 15 is 0 Å². The van der Waals surface area contributed by atoms with E-state index < -0.39 is 0 Å². The van der Waals surface area contributed by atoms with Gasteiger partial charge in [0.2, 0.25) is 11.8 Å². The zero-order valence-electron chi connectivity index (χ0n) is 16.0. The van der Waals surface area contributed by atoms with E-state index in [1.165, 1.54) is 11.8 Å². The van der Waals surface area contributed by atoms with Gasteiger partial charge in [0, 0.05) is 37.1 Å². The standard InChI is InChI=1S/C21H27N3O2/c1-5-23(6-2)19-12-10-18(11-13-19)22-21(26)15-24(17(4)25)20-9-7-8-16(3)14-20/h7-14H,5-6,15H2,1-4H3,(H,22,26). The lowest BCUT2D eigenvalue weighted by molar-refractivity contribution is -0.120. The Hall–Kier alpha value is -2.82. The number of hydrogen-bond donors (Lipinski definition) is 1. The van der Waals surface area contributed by atoms with Gasteiger partial charge in [0.1, 0.15) is 6.54 Å². The van der Waals surface area contributed by atoms with Crippen molar-refractivity contribution in [2.24, 2.45) is 0 Å². The molecule has 0 radical (unpaired) electrons. The number of benzene rings is 2. The Labute approximate surface area is 155 Å². The van der Waals surface area contributed by atoms with E-state index in [1.807, 2.05) is 55.5 Å². The predicted molar refractivity (Wildman–Crippen MR) is 108 cm³/mol. The van der Waals surface area contributed by atoms with Crippen molar-refractivity contribution < 1.29 is 9.59 Å². The van der Waals surface area contributed by atoms with Gasteiger partial charge in [0.05, 0.1) is 0 Å². The summed E-state index contributed by atoms with van der Waals surface area (Å²) >= 11 is 0. The first kappa shape index (κ1) is 19.5. The van der Waals surface area contributed by atoms with Crippen LogP contribution in [0.25, 0.3) is 0 Å². The molecule has 0 unspecified atom stereocenters. The number of amides is 2. The van der Waals surface area contributed by atoms with Crippen LogP contribution in [0.1, 0.15) is 26.3 Å². The van der Waals surface area contributed by atoms with E-state index in [1.54, 1.807) is 0 Å². The normalized spacial score (nSPS) is 10.3. The fourth-order valence-electron chi connectivity index (χ4n) is 2.87. The third-order valence-electron chi connectivity index (χ3n) is 4.27. The van der Waals surface area contributed by atoms with Gasteiger partial charge in [0.25, 0.3) is 0 Å². The summed E-state index contributed by atoms with van der Waals surface area (Å²) < 4.78 is 0. The molecule has 2 amide bonds. The number of carbonyl (C=O) groups excluding carboxylic acids is 2. The number of rotatable bonds is 7. The molecule has 0 fully saturated rings. The van der Waals surface area contributed by atoms with Crippen LogP contribution in [0.3, 0.4) is 0 Å². The summed E-state index contributed by atoms with van der Waals surface area (Å²) in [4.78, 5) is 28.1. The monoisotopic (exact) mass is 353 g/mol. The van der Waals surface area contributed by atoms with Gasteiger partial charge in [-0.3, -0.25) is 9.59 Å². The molecule has 26 heavy (non-hydrogen) atoms. The maximum atomic E-state index is 12.4. The Morgan fingerprint density at radius 1 is 0.962 bits per heavy atom. The third-order valence-corrected chi connectivity index (χ3v) is 4.27. The van der Waals surface area contributed by atoms with E-state index in [-0.39, 0.29) is 18.4 Å². The van der Waals surface area contributed by atoms with Gasteiger partial charge in [-0.25, -0.2) is 0 Å². The Morgan fingerprint density at radius 3 is 2.15 bits per heavy atom. The molecule has 5 nitrogen and oxygen atoms in total. The minimum Gasteiger partial charge on any atom is -0.372 e. The Kier molecular flexibility index (Phi) is 6.78. The van der Waals surface area contributed by atoms with Crippen LogP contribution in [-0.2, 0) is 9.59 Å². The van der Waals surface area contributed by atoms with E-state index in [0.717, 1.165) is 35.7 Å². The molecule has 1 N–H and O–H groups in total. The van der Waals surface area contributed by atoms with Crippen LogP contribution >= 0.6 is 0 Å². The fourth-order valence-corrected chi connectivity index (χ4v) is 2.87. The van der Waals surface area contributed by atoms with Crippen molar-refractivity contribution in [1.29, 1.82) is 0 Å². The van der Waals surface area contributed by atoms with E-state index in [2.05, 4.69) is 24.1 Å². The third kappa shape index (κ3) is 5.09. The topological polar surface area (TPSA) is 52.7 Å². The Bertz CT molecular complexity index is 752. The minimum atomic E-state index is -0.225. The van der Waals surface area contributed by atoms with Crippen molar-refractivity contribution in [3.63, 3.8) is 0 Å². The zero-order chi connectivity index (χ0) is 19.1. The summed E-state index contributed by atoms with van der Waals surface area (Å²) in [7, 11) is 0. The highest BCUT2D eigenvalue weighted by Gasteiger charge is 2.16. The SMILES string of the molecule is CCN(CC)c1ccc(NC(=O)CN(C(C)=O)c2cccc(C)c2)cc1. The second-order valence-electron chi connectivity index (χ2n) is 6.21. The smallest absolute Gasteiger partial charge is 0.244 e. The molecule has 0 bridgehead atoms. The lowest BCUT2D eigenvalue weighted by atomic mass is 10.2. The van der Waals surface area contributed by atoms with Crippen molar-refractivity contribution in [2.75, 3.05) is 34.8 Å². The number of anilines is 3. The molecule has 0 saturated carbocycles. The maximum absolute atomic E-state index is 12.4. The highest BCUT2D eigenvalue weighted by atomic mass is 16.2. The molecule has 138 valence electrons. The van der Waals surface area contributed by atoms with Crippen molar-refractivity contribution in [3.05, 3.63) is 54.1 Å². The predicted octanol–water partition coefficient (Wildman–Crippen LogP) is 3.83. The second kappa shape index (κ2) is 9.04. The average Bonchev–Trinajstić information content (AvgIpc) is 2.62. The number of hydrogen-bond acceptors (Lipinski definition) is 3. The van der Waals surface area contributed by atoms with E-state index in [9.17, 15) is 9.59 Å². The summed E-state index contributed by atoms with van der Waals surface area (Å²) in [6.07, 6.45) is 0. The molecule has 5 heteroatoms. The van der Waals surface area contributed by atoms with Crippen LogP contribution in [0.2, 0.25) is 0 Å². The van der Waals surface area contributed by atoms with Crippen LogP contribution in [0.15, 0.2) is 48.5 Å². The molecule has 0 aliphatic heterocycles. The molecule has 0 atom stereocenters. The van der Waals surface area contributed by atoms with E-state index in [4.69, 9.17) is 0 Å². The minimum absolute atomic E-state index is 0.0173. The van der Waals surface area contributed by atoms with E-state index in [0.29, 0.717) is 0 Å². The fraction of sp³-hybridized carbons (Fsp3) is 0.333. The van der Waals surface area contributed by atoms with Gasteiger partial charge in [0.15, 0.2) is 0 Å². The molecular weight excluding hydrogens is 326 g/mol. The molecule has 0 aromatic heterocycles. The van der Waals surface area contributed by atoms with Gasteiger partial charge in [-0.2, -0.15) is 0 Å². The summed E-state index contributed by atoms with van der Waals surface area (Å²) in [5.41, 5.74) is 3.61. The largest absolute Gasteiger partial charge is 0.372 e. The Balaban J connectivity index is 2.05. The summed E-state index contributed by atoms with van der Waals surface area (Å²) in [5, 5.41) is 2.86. The molecular formula is C21H27N3O2. The molecule has 0 aliphatic carbocycles. The molecule has 0 spiro atoms. The number of nitrogens with zero attached hydrogens (tertiary/aromatic N) is 2. The second-order valence-corrected chi connectivity index (χ2v) is 6.21. The average molecular weight is 353 g/mol. The van der Waals surface area contributed by atoms with Gasteiger partial charge in [-0.1, -0.05) is 12.1 Å². The molecule has 0 heterocycles. The first-order valence-electron chi connectivity index (χ1n) is 8.94. The first-order valence-corrected chi connectivity index (χ1v) is 8.94. The molecule has 2 aromatic carbocycles. The van der Waals surface area contributed by atoms with Gasteiger partial charge < -0.3 is 15.1 Å².